The second-order valence-corrected chi connectivity index (χ2v) is 7.56. The van der Waals surface area contributed by atoms with Crippen molar-refractivity contribution in [2.24, 2.45) is 0 Å². The molecule has 4 nitrogen and oxygen atoms in total. The Bertz CT molecular complexity index is 784. The van der Waals surface area contributed by atoms with Crippen LogP contribution < -0.4 is 5.32 Å². The zero-order valence-electron chi connectivity index (χ0n) is 13.6. The number of carbonyl (C=O) groups is 1. The number of furan rings is 1. The van der Waals surface area contributed by atoms with E-state index in [0.717, 1.165) is 21.1 Å². The summed E-state index contributed by atoms with van der Waals surface area (Å²) in [5, 5.41) is 15.0. The quantitative estimate of drug-likeness (QED) is 0.577. The van der Waals surface area contributed by atoms with Crippen molar-refractivity contribution < 1.29 is 14.3 Å². The second-order valence-electron chi connectivity index (χ2n) is 5.45. The Labute approximate surface area is 154 Å². The Morgan fingerprint density at radius 1 is 1.24 bits per heavy atom. The summed E-state index contributed by atoms with van der Waals surface area (Å²) >= 11 is 3.11. The van der Waals surface area contributed by atoms with Crippen molar-refractivity contribution in [3.05, 3.63) is 65.1 Å². The number of aliphatic hydroxyl groups is 1. The van der Waals surface area contributed by atoms with Gasteiger partial charge in [0.25, 0.3) is 0 Å². The van der Waals surface area contributed by atoms with Crippen molar-refractivity contribution >= 4 is 29.0 Å². The zero-order chi connectivity index (χ0) is 17.5. The van der Waals surface area contributed by atoms with Crippen LogP contribution in [0.5, 0.6) is 0 Å². The van der Waals surface area contributed by atoms with Gasteiger partial charge in [0.2, 0.25) is 5.91 Å². The Hall–Kier alpha value is -2.02. The topological polar surface area (TPSA) is 62.5 Å². The summed E-state index contributed by atoms with van der Waals surface area (Å²) in [7, 11) is 0. The van der Waals surface area contributed by atoms with E-state index in [9.17, 15) is 9.90 Å². The monoisotopic (exact) mass is 373 g/mol. The summed E-state index contributed by atoms with van der Waals surface area (Å²) in [5.41, 5.74) is 0.939. The SMILES string of the molecule is O=C(CCSc1ccccc1)NCC(O)c1cc(-c2ccco2)cs1. The van der Waals surface area contributed by atoms with E-state index in [4.69, 9.17) is 4.42 Å². The number of nitrogens with one attached hydrogen (secondary N) is 1. The number of carbonyl (C=O) groups excluding carboxylic acids is 1. The number of aliphatic hydroxyl groups excluding tert-OH is 1. The van der Waals surface area contributed by atoms with E-state index in [1.54, 1.807) is 18.0 Å². The molecular formula is C19H19NO3S2. The van der Waals surface area contributed by atoms with Crippen molar-refractivity contribution in [2.75, 3.05) is 12.3 Å². The highest BCUT2D eigenvalue weighted by molar-refractivity contribution is 7.99. The van der Waals surface area contributed by atoms with Gasteiger partial charge in [0.1, 0.15) is 11.9 Å². The van der Waals surface area contributed by atoms with Crippen molar-refractivity contribution in [1.29, 1.82) is 0 Å². The lowest BCUT2D eigenvalue weighted by molar-refractivity contribution is -0.121. The highest BCUT2D eigenvalue weighted by Gasteiger charge is 2.13. The molecule has 0 spiro atoms. The summed E-state index contributed by atoms with van der Waals surface area (Å²) in [6.45, 7) is 0.215. The average Bonchev–Trinajstić information content (AvgIpc) is 3.32. The van der Waals surface area contributed by atoms with Gasteiger partial charge in [0.15, 0.2) is 0 Å². The van der Waals surface area contributed by atoms with Crippen LogP contribution in [-0.4, -0.2) is 23.3 Å². The summed E-state index contributed by atoms with van der Waals surface area (Å²) in [6.07, 6.45) is 1.34. The average molecular weight is 373 g/mol. The molecule has 130 valence electrons. The van der Waals surface area contributed by atoms with Crippen LogP contribution >= 0.6 is 23.1 Å². The number of benzene rings is 1. The molecule has 0 radical (unpaired) electrons. The molecule has 0 aliphatic heterocycles. The fourth-order valence-corrected chi connectivity index (χ4v) is 4.03. The second kappa shape index (κ2) is 8.89. The van der Waals surface area contributed by atoms with Crippen molar-refractivity contribution in [2.45, 2.75) is 17.4 Å². The van der Waals surface area contributed by atoms with Crippen LogP contribution in [0.4, 0.5) is 0 Å². The summed E-state index contributed by atoms with van der Waals surface area (Å²) in [6, 6.07) is 15.6. The van der Waals surface area contributed by atoms with Gasteiger partial charge in [-0.2, -0.15) is 0 Å². The molecule has 0 aliphatic carbocycles. The van der Waals surface area contributed by atoms with E-state index in [2.05, 4.69) is 5.32 Å². The fraction of sp³-hybridized carbons (Fsp3) is 0.211. The van der Waals surface area contributed by atoms with Gasteiger partial charge in [-0.05, 0) is 30.3 Å². The Balaban J connectivity index is 1.41. The number of thiophene rings is 1. The van der Waals surface area contributed by atoms with Crippen LogP contribution in [0.2, 0.25) is 0 Å². The van der Waals surface area contributed by atoms with Gasteiger partial charge in [0, 0.05) is 39.4 Å². The minimum absolute atomic E-state index is 0.0507. The smallest absolute Gasteiger partial charge is 0.220 e. The summed E-state index contributed by atoms with van der Waals surface area (Å²) in [5.74, 6) is 1.44. The molecule has 6 heteroatoms. The maximum atomic E-state index is 11.9. The molecule has 3 aromatic rings. The van der Waals surface area contributed by atoms with E-state index in [1.165, 1.54) is 11.3 Å². The third-order valence-electron chi connectivity index (χ3n) is 3.59. The molecule has 25 heavy (non-hydrogen) atoms. The molecule has 2 aromatic heterocycles. The van der Waals surface area contributed by atoms with E-state index in [1.807, 2.05) is 53.9 Å². The van der Waals surface area contributed by atoms with Crippen LogP contribution in [0.25, 0.3) is 11.3 Å². The molecular weight excluding hydrogens is 354 g/mol. The minimum Gasteiger partial charge on any atom is -0.464 e. The molecule has 0 aliphatic rings. The van der Waals surface area contributed by atoms with E-state index >= 15 is 0 Å². The number of hydrogen-bond acceptors (Lipinski definition) is 5. The first kappa shape index (κ1) is 17.8. The van der Waals surface area contributed by atoms with Crippen molar-refractivity contribution in [1.82, 2.24) is 5.32 Å². The molecule has 1 unspecified atom stereocenters. The van der Waals surface area contributed by atoms with E-state index < -0.39 is 6.10 Å². The Kier molecular flexibility index (Phi) is 6.33. The maximum absolute atomic E-state index is 11.9. The Morgan fingerprint density at radius 2 is 2.08 bits per heavy atom. The van der Waals surface area contributed by atoms with Crippen molar-refractivity contribution in [3.8, 4) is 11.3 Å². The summed E-state index contributed by atoms with van der Waals surface area (Å²) < 4.78 is 5.34. The van der Waals surface area contributed by atoms with Gasteiger partial charge in [-0.15, -0.1) is 23.1 Å². The lowest BCUT2D eigenvalue weighted by Gasteiger charge is -2.10. The van der Waals surface area contributed by atoms with Gasteiger partial charge in [-0.3, -0.25) is 4.79 Å². The lowest BCUT2D eigenvalue weighted by atomic mass is 10.2. The molecule has 2 heterocycles. The number of rotatable bonds is 8. The standard InChI is InChI=1S/C19H19NO3S2/c21-16(18-11-14(13-25-18)17-7-4-9-23-17)12-20-19(22)8-10-24-15-5-2-1-3-6-15/h1-7,9,11,13,16,21H,8,10,12H2,(H,20,22). The molecule has 1 aromatic carbocycles. The first-order valence-electron chi connectivity index (χ1n) is 7.97. The van der Waals surface area contributed by atoms with Crippen LogP contribution in [0, 0.1) is 0 Å². The molecule has 1 amide bonds. The van der Waals surface area contributed by atoms with Crippen LogP contribution in [0.3, 0.4) is 0 Å². The first-order valence-corrected chi connectivity index (χ1v) is 9.84. The fourth-order valence-electron chi connectivity index (χ4n) is 2.28. The third kappa shape index (κ3) is 5.22. The molecule has 0 fully saturated rings. The predicted octanol–water partition coefficient (Wildman–Crippen LogP) is 4.34. The molecule has 1 atom stereocenters. The molecule has 3 rings (SSSR count). The van der Waals surface area contributed by atoms with Gasteiger partial charge in [0.05, 0.1) is 6.26 Å². The normalized spacial score (nSPS) is 12.0. The third-order valence-corrected chi connectivity index (χ3v) is 5.64. The van der Waals surface area contributed by atoms with Gasteiger partial charge in [-0.1, -0.05) is 18.2 Å². The maximum Gasteiger partial charge on any atom is 0.220 e. The predicted molar refractivity (Wildman–Crippen MR) is 102 cm³/mol. The highest BCUT2D eigenvalue weighted by atomic mass is 32.2. The summed E-state index contributed by atoms with van der Waals surface area (Å²) in [4.78, 5) is 13.9. The zero-order valence-corrected chi connectivity index (χ0v) is 15.2. The van der Waals surface area contributed by atoms with E-state index in [-0.39, 0.29) is 12.5 Å². The minimum atomic E-state index is -0.709. The molecule has 0 saturated heterocycles. The van der Waals surface area contributed by atoms with Gasteiger partial charge < -0.3 is 14.8 Å². The Morgan fingerprint density at radius 3 is 2.84 bits per heavy atom. The van der Waals surface area contributed by atoms with Crippen molar-refractivity contribution in [3.63, 3.8) is 0 Å². The lowest BCUT2D eigenvalue weighted by Crippen LogP contribution is -2.28. The molecule has 0 bridgehead atoms. The highest BCUT2D eigenvalue weighted by Crippen LogP contribution is 2.29. The van der Waals surface area contributed by atoms with E-state index in [0.29, 0.717) is 12.2 Å². The number of hydrogen-bond donors (Lipinski definition) is 2. The van der Waals surface area contributed by atoms with Crippen LogP contribution in [0.1, 0.15) is 17.4 Å². The van der Waals surface area contributed by atoms with Gasteiger partial charge in [-0.25, -0.2) is 0 Å². The number of amides is 1. The van der Waals surface area contributed by atoms with Crippen LogP contribution in [-0.2, 0) is 4.79 Å². The largest absolute Gasteiger partial charge is 0.464 e. The number of thioether (sulfide) groups is 1. The van der Waals surface area contributed by atoms with Gasteiger partial charge >= 0.3 is 0 Å². The molecule has 0 saturated carbocycles. The molecule has 2 N–H and O–H groups in total. The van der Waals surface area contributed by atoms with Crippen LogP contribution in [0.15, 0.2) is 69.5 Å². The first-order chi connectivity index (χ1) is 12.2.